The summed E-state index contributed by atoms with van der Waals surface area (Å²) in [4.78, 5) is 0. The Labute approximate surface area is 187 Å². The third-order valence-corrected chi connectivity index (χ3v) is 5.64. The highest BCUT2D eigenvalue weighted by Crippen LogP contribution is 2.22. The van der Waals surface area contributed by atoms with Crippen molar-refractivity contribution in [2.24, 2.45) is 0 Å². The van der Waals surface area contributed by atoms with Gasteiger partial charge in [-0.15, -0.1) is 0 Å². The maximum absolute atomic E-state index is 10.00. The first-order valence-corrected chi connectivity index (χ1v) is 12.0. The fraction of sp³-hybridized carbons (Fsp3) is 0.913. The van der Waals surface area contributed by atoms with Gasteiger partial charge in [-0.2, -0.15) is 0 Å². The minimum Gasteiger partial charge on any atom is -0.394 e. The lowest BCUT2D eigenvalue weighted by Gasteiger charge is -2.40. The summed E-state index contributed by atoms with van der Waals surface area (Å²) in [5.41, 5.74) is 0. The van der Waals surface area contributed by atoms with E-state index in [1.165, 1.54) is 57.8 Å². The number of allylic oxidation sites excluding steroid dienone is 1. The second-order valence-electron chi connectivity index (χ2n) is 8.46. The van der Waals surface area contributed by atoms with Crippen LogP contribution in [0, 0.1) is 0 Å². The van der Waals surface area contributed by atoms with E-state index in [1.54, 1.807) is 0 Å². The van der Waals surface area contributed by atoms with Crippen LogP contribution in [0.5, 0.6) is 0 Å². The third kappa shape index (κ3) is 12.2. The maximum atomic E-state index is 10.00. The fourth-order valence-electron chi connectivity index (χ4n) is 3.65. The largest absolute Gasteiger partial charge is 0.394 e. The molecule has 0 saturated carbocycles. The Morgan fingerprint density at radius 1 is 0.935 bits per heavy atom. The summed E-state index contributed by atoms with van der Waals surface area (Å²) in [7, 11) is 0. The molecule has 1 unspecified atom stereocenters. The van der Waals surface area contributed by atoms with Crippen molar-refractivity contribution in [2.45, 2.75) is 114 Å². The number of nitrogens with one attached hydrogen (secondary N) is 1. The average Bonchev–Trinajstić information content (AvgIpc) is 2.76. The first-order chi connectivity index (χ1) is 15.0. The highest BCUT2D eigenvalue weighted by atomic mass is 16.7. The van der Waals surface area contributed by atoms with Crippen LogP contribution in [-0.4, -0.2) is 82.1 Å². The van der Waals surface area contributed by atoms with Gasteiger partial charge in [0.05, 0.1) is 19.3 Å². The topological polar surface area (TPSA) is 132 Å². The number of hydrogen-bond donors (Lipinski definition) is 6. The van der Waals surface area contributed by atoms with Crippen LogP contribution in [0.2, 0.25) is 0 Å². The summed E-state index contributed by atoms with van der Waals surface area (Å²) in [6.07, 6.45) is 10.6. The average molecular weight is 448 g/mol. The van der Waals surface area contributed by atoms with Gasteiger partial charge in [0.15, 0.2) is 6.29 Å². The van der Waals surface area contributed by atoms with Gasteiger partial charge >= 0.3 is 0 Å². The lowest BCUT2D eigenvalue weighted by Crippen LogP contribution is -2.59. The minimum absolute atomic E-state index is 0.141. The van der Waals surface area contributed by atoms with E-state index < -0.39 is 43.4 Å². The summed E-state index contributed by atoms with van der Waals surface area (Å²) in [6, 6.07) is 0. The van der Waals surface area contributed by atoms with E-state index in [4.69, 9.17) is 14.6 Å². The Hall–Kier alpha value is -0.740. The smallest absolute Gasteiger partial charge is 0.184 e. The number of rotatable bonds is 18. The molecule has 0 radical (unpaired) electrons. The predicted octanol–water partition coefficient (Wildman–Crippen LogP) is 1.58. The predicted molar refractivity (Wildman–Crippen MR) is 119 cm³/mol. The Morgan fingerprint density at radius 3 is 2.16 bits per heavy atom. The molecule has 1 fully saturated rings. The molecule has 8 heteroatoms. The van der Waals surface area contributed by atoms with Crippen LogP contribution in [0.1, 0.15) is 77.6 Å². The summed E-state index contributed by atoms with van der Waals surface area (Å²) in [5.74, 6) is 0. The monoisotopic (exact) mass is 447 g/mol. The van der Waals surface area contributed by atoms with E-state index in [0.29, 0.717) is 0 Å². The highest BCUT2D eigenvalue weighted by molar-refractivity contribution is 4.89. The van der Waals surface area contributed by atoms with Gasteiger partial charge in [-0.05, 0) is 19.0 Å². The molecule has 1 heterocycles. The van der Waals surface area contributed by atoms with Gasteiger partial charge in [-0.3, -0.25) is 0 Å². The van der Waals surface area contributed by atoms with Gasteiger partial charge in [0, 0.05) is 6.54 Å². The Morgan fingerprint density at radius 2 is 1.55 bits per heavy atom. The lowest BCUT2D eigenvalue weighted by atomic mass is 9.99. The normalized spacial score (nSPS) is 27.6. The highest BCUT2D eigenvalue weighted by Gasteiger charge is 2.44. The van der Waals surface area contributed by atoms with Crippen molar-refractivity contribution in [1.82, 2.24) is 5.32 Å². The van der Waals surface area contributed by atoms with Crippen molar-refractivity contribution in [3.8, 4) is 0 Å². The van der Waals surface area contributed by atoms with Gasteiger partial charge in [-0.25, -0.2) is 0 Å². The van der Waals surface area contributed by atoms with Crippen molar-refractivity contribution < 1.29 is 35.0 Å². The van der Waals surface area contributed by atoms with Crippen LogP contribution in [0.4, 0.5) is 0 Å². The quantitative estimate of drug-likeness (QED) is 0.175. The molecule has 184 valence electrons. The SMILES string of the molecule is CCCCCCCCCCCC/C=C/NCC(O)CO[C@@H]1[C@@H](O)[C@@H](O)[C@@H](CO)O[C@H]1O. The Balaban J connectivity index is 2.00. The zero-order valence-electron chi connectivity index (χ0n) is 19.1. The van der Waals surface area contributed by atoms with Crippen LogP contribution < -0.4 is 5.32 Å². The molecule has 1 aliphatic heterocycles. The molecule has 0 aromatic carbocycles. The molecular weight excluding hydrogens is 402 g/mol. The number of aliphatic hydroxyl groups excluding tert-OH is 5. The van der Waals surface area contributed by atoms with E-state index in [-0.39, 0.29) is 13.2 Å². The molecule has 0 bridgehead atoms. The van der Waals surface area contributed by atoms with Gasteiger partial charge < -0.3 is 40.3 Å². The molecule has 6 N–H and O–H groups in total. The zero-order chi connectivity index (χ0) is 22.9. The molecule has 8 nitrogen and oxygen atoms in total. The minimum atomic E-state index is -1.49. The molecule has 0 amide bonds. The summed E-state index contributed by atoms with van der Waals surface area (Å²) < 4.78 is 10.3. The van der Waals surface area contributed by atoms with Gasteiger partial charge in [0.25, 0.3) is 0 Å². The molecule has 0 spiro atoms. The van der Waals surface area contributed by atoms with Crippen LogP contribution in [0.25, 0.3) is 0 Å². The summed E-state index contributed by atoms with van der Waals surface area (Å²) >= 11 is 0. The van der Waals surface area contributed by atoms with Crippen molar-refractivity contribution in [2.75, 3.05) is 19.8 Å². The van der Waals surface area contributed by atoms with Crippen molar-refractivity contribution in [3.05, 3.63) is 12.3 Å². The summed E-state index contributed by atoms with van der Waals surface area (Å²) in [5, 5.41) is 51.7. The molecule has 0 aromatic heterocycles. The van der Waals surface area contributed by atoms with E-state index in [9.17, 15) is 20.4 Å². The lowest BCUT2D eigenvalue weighted by molar-refractivity contribution is -0.298. The number of ether oxygens (including phenoxy) is 2. The van der Waals surface area contributed by atoms with Crippen molar-refractivity contribution in [3.63, 3.8) is 0 Å². The van der Waals surface area contributed by atoms with Crippen LogP contribution >= 0.6 is 0 Å². The summed E-state index contributed by atoms with van der Waals surface area (Å²) in [6.45, 7) is 1.84. The van der Waals surface area contributed by atoms with E-state index >= 15 is 0 Å². The van der Waals surface area contributed by atoms with E-state index in [2.05, 4.69) is 12.2 Å². The first kappa shape index (κ1) is 28.3. The number of unbranched alkanes of at least 4 members (excludes halogenated alkanes) is 10. The van der Waals surface area contributed by atoms with Crippen LogP contribution in [0.3, 0.4) is 0 Å². The van der Waals surface area contributed by atoms with Gasteiger partial charge in [0.1, 0.15) is 24.4 Å². The second-order valence-corrected chi connectivity index (χ2v) is 8.46. The molecule has 31 heavy (non-hydrogen) atoms. The van der Waals surface area contributed by atoms with Gasteiger partial charge in [-0.1, -0.05) is 70.8 Å². The number of aliphatic hydroxyl groups is 5. The van der Waals surface area contributed by atoms with E-state index in [0.717, 1.165) is 12.8 Å². The third-order valence-electron chi connectivity index (χ3n) is 5.64. The molecule has 0 aliphatic carbocycles. The van der Waals surface area contributed by atoms with Crippen molar-refractivity contribution >= 4 is 0 Å². The van der Waals surface area contributed by atoms with Gasteiger partial charge in [0.2, 0.25) is 0 Å². The molecule has 1 saturated heterocycles. The number of hydrogen-bond acceptors (Lipinski definition) is 8. The Kier molecular flexibility index (Phi) is 16.2. The molecule has 6 atom stereocenters. The molecule has 0 aromatic rings. The first-order valence-electron chi connectivity index (χ1n) is 12.0. The standard InChI is InChI=1S/C23H45NO7/c1-2-3-4-5-6-7-8-9-10-11-12-13-14-24-15-18(26)17-30-22-21(28)20(27)19(16-25)31-23(22)29/h13-14,18-29H,2-12,15-17H2,1H3/b14-13+/t18?,19-,20+,21+,22-,23-/m1/s1. The molecule has 1 aliphatic rings. The van der Waals surface area contributed by atoms with Crippen molar-refractivity contribution in [1.29, 1.82) is 0 Å². The zero-order valence-corrected chi connectivity index (χ0v) is 19.1. The van der Waals surface area contributed by atoms with Crippen LogP contribution in [-0.2, 0) is 9.47 Å². The molecular formula is C23H45NO7. The maximum Gasteiger partial charge on any atom is 0.184 e. The molecule has 1 rings (SSSR count). The fourth-order valence-corrected chi connectivity index (χ4v) is 3.65. The second kappa shape index (κ2) is 17.8. The van der Waals surface area contributed by atoms with Crippen LogP contribution in [0.15, 0.2) is 12.3 Å². The van der Waals surface area contributed by atoms with E-state index in [1.807, 2.05) is 12.3 Å². The Bertz CT molecular complexity index is 452.